The summed E-state index contributed by atoms with van der Waals surface area (Å²) in [4.78, 5) is 12.8. The molecule has 1 unspecified atom stereocenters. The van der Waals surface area contributed by atoms with Gasteiger partial charge in [-0.05, 0) is 66.3 Å². The third-order valence-electron chi connectivity index (χ3n) is 6.68. The summed E-state index contributed by atoms with van der Waals surface area (Å²) in [6.07, 6.45) is 2.64. The number of nitrogens with one attached hydrogen (secondary N) is 1. The van der Waals surface area contributed by atoms with Crippen molar-refractivity contribution in [3.05, 3.63) is 90.0 Å². The van der Waals surface area contributed by atoms with Crippen molar-refractivity contribution in [2.45, 2.75) is 43.5 Å². The largest absolute Gasteiger partial charge is 0.505 e. The summed E-state index contributed by atoms with van der Waals surface area (Å²) < 4.78 is 31.7. The maximum atomic E-state index is 13.1. The van der Waals surface area contributed by atoms with Crippen LogP contribution in [0.1, 0.15) is 49.0 Å². The summed E-state index contributed by atoms with van der Waals surface area (Å²) >= 11 is 0. The molecule has 0 spiro atoms. The molecular formula is C29H30N4O5S. The van der Waals surface area contributed by atoms with Crippen molar-refractivity contribution in [1.29, 1.82) is 0 Å². The number of rotatable bonds is 9. The molecule has 39 heavy (non-hydrogen) atoms. The summed E-state index contributed by atoms with van der Waals surface area (Å²) in [6.45, 7) is 4.17. The molecule has 0 saturated heterocycles. The van der Waals surface area contributed by atoms with Crippen LogP contribution in [0.5, 0.6) is 5.75 Å². The molecule has 0 aromatic heterocycles. The second kappa shape index (κ2) is 11.3. The van der Waals surface area contributed by atoms with E-state index in [1.54, 1.807) is 30.3 Å². The van der Waals surface area contributed by atoms with E-state index in [9.17, 15) is 18.3 Å². The molecule has 1 atom stereocenters. The fourth-order valence-electron chi connectivity index (χ4n) is 4.44. The van der Waals surface area contributed by atoms with Crippen LogP contribution in [-0.4, -0.2) is 24.0 Å². The highest BCUT2D eigenvalue weighted by Gasteiger charge is 2.24. The lowest BCUT2D eigenvalue weighted by atomic mass is 9.84. The van der Waals surface area contributed by atoms with E-state index in [1.165, 1.54) is 12.1 Å². The number of anilines is 1. The second-order valence-corrected chi connectivity index (χ2v) is 10.7. The number of aromatic hydroxyl groups is 1. The highest BCUT2D eigenvalue weighted by molar-refractivity contribution is 7.85. The molecule has 5 N–H and O–H groups in total. The normalized spacial score (nSPS) is 13.4. The Hall–Kier alpha value is -4.12. The maximum absolute atomic E-state index is 13.1. The van der Waals surface area contributed by atoms with Crippen molar-refractivity contribution in [2.24, 2.45) is 16.0 Å². The number of phenolic OH excluding ortho intramolecular Hbond substituents is 1. The summed E-state index contributed by atoms with van der Waals surface area (Å²) in [7, 11) is -4.36. The SMILES string of the molecule is CCCC(N)(CC)c1ccc(N=Nc2c(O)c(C(=O)Nc3ccc(S(=O)(=O)O)cc3)cc3ccccc23)cc1. The van der Waals surface area contributed by atoms with Gasteiger partial charge in [-0.2, -0.15) is 13.5 Å². The molecular weight excluding hydrogens is 516 g/mol. The molecule has 4 aromatic carbocycles. The molecule has 0 aliphatic rings. The Bertz CT molecular complexity index is 1640. The number of azo groups is 1. The molecule has 0 radical (unpaired) electrons. The minimum absolute atomic E-state index is 0.0349. The molecule has 4 aromatic rings. The van der Waals surface area contributed by atoms with E-state index in [2.05, 4.69) is 29.4 Å². The van der Waals surface area contributed by atoms with E-state index in [0.717, 1.165) is 37.0 Å². The van der Waals surface area contributed by atoms with Crippen molar-refractivity contribution in [3.8, 4) is 5.75 Å². The predicted octanol–water partition coefficient (Wildman–Crippen LogP) is 6.82. The molecule has 0 aliphatic carbocycles. The smallest absolute Gasteiger partial charge is 0.294 e. The number of amides is 1. The van der Waals surface area contributed by atoms with Crippen molar-refractivity contribution in [1.82, 2.24) is 0 Å². The van der Waals surface area contributed by atoms with Gasteiger partial charge in [0.2, 0.25) is 0 Å². The average Bonchev–Trinajstić information content (AvgIpc) is 2.92. The Balaban J connectivity index is 1.66. The highest BCUT2D eigenvalue weighted by Crippen LogP contribution is 2.40. The topological polar surface area (TPSA) is 154 Å². The van der Waals surface area contributed by atoms with Crippen molar-refractivity contribution in [2.75, 3.05) is 5.32 Å². The molecule has 0 saturated carbocycles. The van der Waals surface area contributed by atoms with Crippen LogP contribution in [0.2, 0.25) is 0 Å². The molecule has 1 amide bonds. The molecule has 0 heterocycles. The first-order valence-corrected chi connectivity index (χ1v) is 13.9. The van der Waals surface area contributed by atoms with Crippen LogP contribution in [0, 0.1) is 0 Å². The number of carbonyl (C=O) groups excluding carboxylic acids is 1. The number of nitrogens with zero attached hydrogens (tertiary/aromatic N) is 2. The van der Waals surface area contributed by atoms with E-state index in [-0.39, 0.29) is 27.6 Å². The number of benzene rings is 4. The highest BCUT2D eigenvalue weighted by atomic mass is 32.2. The van der Waals surface area contributed by atoms with E-state index < -0.39 is 21.6 Å². The molecule has 0 bridgehead atoms. The van der Waals surface area contributed by atoms with Gasteiger partial charge in [-0.1, -0.05) is 56.7 Å². The third kappa shape index (κ3) is 6.14. The minimum atomic E-state index is -4.36. The molecule has 4 rings (SSSR count). The fraction of sp³-hybridized carbons (Fsp3) is 0.207. The average molecular weight is 547 g/mol. The van der Waals surface area contributed by atoms with Crippen LogP contribution in [-0.2, 0) is 15.7 Å². The van der Waals surface area contributed by atoms with Gasteiger partial charge in [-0.3, -0.25) is 9.35 Å². The monoisotopic (exact) mass is 546 g/mol. The first-order chi connectivity index (χ1) is 18.6. The zero-order valence-electron chi connectivity index (χ0n) is 21.6. The first-order valence-electron chi connectivity index (χ1n) is 12.5. The molecule has 0 fully saturated rings. The van der Waals surface area contributed by atoms with Gasteiger partial charge < -0.3 is 16.2 Å². The van der Waals surface area contributed by atoms with Gasteiger partial charge in [0.05, 0.1) is 16.1 Å². The van der Waals surface area contributed by atoms with E-state index in [0.29, 0.717) is 16.5 Å². The van der Waals surface area contributed by atoms with Crippen LogP contribution in [0.15, 0.2) is 94.0 Å². The number of hydrogen-bond acceptors (Lipinski definition) is 7. The van der Waals surface area contributed by atoms with Gasteiger partial charge in [0.25, 0.3) is 16.0 Å². The zero-order valence-corrected chi connectivity index (χ0v) is 22.4. The lowest BCUT2D eigenvalue weighted by molar-refractivity contribution is 0.102. The van der Waals surface area contributed by atoms with Gasteiger partial charge in [0.1, 0.15) is 5.69 Å². The van der Waals surface area contributed by atoms with Gasteiger partial charge in [-0.15, -0.1) is 5.11 Å². The summed E-state index contributed by atoms with van der Waals surface area (Å²) in [6, 6.07) is 21.2. The van der Waals surface area contributed by atoms with Crippen LogP contribution in [0.4, 0.5) is 17.1 Å². The van der Waals surface area contributed by atoms with Crippen molar-refractivity contribution >= 4 is 43.9 Å². The van der Waals surface area contributed by atoms with E-state index >= 15 is 0 Å². The number of carbonyl (C=O) groups is 1. The Morgan fingerprint density at radius 2 is 1.64 bits per heavy atom. The van der Waals surface area contributed by atoms with Gasteiger partial charge in [0.15, 0.2) is 5.75 Å². The maximum Gasteiger partial charge on any atom is 0.294 e. The zero-order chi connectivity index (χ0) is 28.2. The van der Waals surface area contributed by atoms with Crippen LogP contribution >= 0.6 is 0 Å². The van der Waals surface area contributed by atoms with Gasteiger partial charge in [-0.25, -0.2) is 0 Å². The van der Waals surface area contributed by atoms with Crippen LogP contribution < -0.4 is 11.1 Å². The Morgan fingerprint density at radius 3 is 2.26 bits per heavy atom. The predicted molar refractivity (Wildman–Crippen MR) is 152 cm³/mol. The molecule has 10 heteroatoms. The lowest BCUT2D eigenvalue weighted by Gasteiger charge is -2.28. The number of nitrogens with two attached hydrogens (primary N) is 1. The quantitative estimate of drug-likeness (QED) is 0.133. The fourth-order valence-corrected chi connectivity index (χ4v) is 4.92. The number of hydrogen-bond donors (Lipinski definition) is 4. The van der Waals surface area contributed by atoms with Crippen LogP contribution in [0.25, 0.3) is 10.8 Å². The Morgan fingerprint density at radius 1 is 0.974 bits per heavy atom. The van der Waals surface area contributed by atoms with Gasteiger partial charge in [0, 0.05) is 16.6 Å². The van der Waals surface area contributed by atoms with E-state index in [1.807, 2.05) is 24.3 Å². The summed E-state index contributed by atoms with van der Waals surface area (Å²) in [5.41, 5.74) is 8.13. The standard InChI is InChI=1S/C29H30N4O5S/c1-3-17-29(30,4-2)20-9-11-22(12-10-20)32-33-26-24-8-6-5-7-19(24)18-25(27(26)34)28(35)31-21-13-15-23(16-14-21)39(36,37)38/h5-16,18,34H,3-4,17,30H2,1-2H3,(H,31,35)(H,36,37,38). The Kier molecular flexibility index (Phi) is 8.10. The van der Waals surface area contributed by atoms with Crippen LogP contribution in [0.3, 0.4) is 0 Å². The van der Waals surface area contributed by atoms with E-state index in [4.69, 9.17) is 10.3 Å². The third-order valence-corrected chi connectivity index (χ3v) is 7.55. The number of phenols is 1. The first kappa shape index (κ1) is 27.9. The number of fused-ring (bicyclic) bond motifs is 1. The second-order valence-electron chi connectivity index (χ2n) is 9.30. The minimum Gasteiger partial charge on any atom is -0.505 e. The molecule has 0 aliphatic heterocycles. The molecule has 202 valence electrons. The summed E-state index contributed by atoms with van der Waals surface area (Å²) in [5, 5.41) is 23.6. The molecule has 9 nitrogen and oxygen atoms in total. The van der Waals surface area contributed by atoms with Crippen molar-refractivity contribution < 1.29 is 22.9 Å². The van der Waals surface area contributed by atoms with Gasteiger partial charge >= 0.3 is 0 Å². The summed E-state index contributed by atoms with van der Waals surface area (Å²) in [5.74, 6) is -0.982. The Labute approximate surface area is 227 Å². The van der Waals surface area contributed by atoms with Crippen molar-refractivity contribution in [3.63, 3.8) is 0 Å². The lowest BCUT2D eigenvalue weighted by Crippen LogP contribution is -2.35.